The van der Waals surface area contributed by atoms with Crippen molar-refractivity contribution in [3.05, 3.63) is 47.7 Å². The average Bonchev–Trinajstić information content (AvgIpc) is 2.92. The van der Waals surface area contributed by atoms with Crippen molar-refractivity contribution in [1.82, 2.24) is 10.2 Å². The van der Waals surface area contributed by atoms with Crippen molar-refractivity contribution in [2.45, 2.75) is 25.8 Å². The van der Waals surface area contributed by atoms with Crippen molar-refractivity contribution in [2.75, 3.05) is 13.2 Å². The van der Waals surface area contributed by atoms with Crippen LogP contribution in [0.3, 0.4) is 0 Å². The van der Waals surface area contributed by atoms with Gasteiger partial charge in [0.05, 0.1) is 6.61 Å². The number of ether oxygens (including phenoxy) is 1. The molecule has 1 unspecified atom stereocenters. The number of hydrogen-bond acceptors (Lipinski definition) is 5. The molecule has 2 N–H and O–H groups in total. The zero-order valence-electron chi connectivity index (χ0n) is 11.1. The summed E-state index contributed by atoms with van der Waals surface area (Å²) in [7, 11) is 0. The van der Waals surface area contributed by atoms with Crippen molar-refractivity contribution in [1.29, 1.82) is 0 Å². The van der Waals surface area contributed by atoms with Crippen LogP contribution in [0.4, 0.5) is 0 Å². The molecular weight excluding hydrogens is 242 g/mol. The number of nitrogens with two attached hydrogens (primary N) is 1. The molecule has 0 saturated carbocycles. The first-order chi connectivity index (χ1) is 9.31. The Hall–Kier alpha value is -1.72. The number of rotatable bonds is 7. The van der Waals surface area contributed by atoms with Crippen LogP contribution in [0.5, 0.6) is 0 Å². The van der Waals surface area contributed by atoms with Gasteiger partial charge in [0.1, 0.15) is 6.04 Å². The molecule has 0 spiro atoms. The lowest BCUT2D eigenvalue weighted by atomic mass is 10.1. The normalized spacial score (nSPS) is 12.5. The summed E-state index contributed by atoms with van der Waals surface area (Å²) in [6.45, 7) is 3.42. The Kier molecular flexibility index (Phi) is 5.06. The van der Waals surface area contributed by atoms with Crippen molar-refractivity contribution in [3.63, 3.8) is 0 Å². The summed E-state index contributed by atoms with van der Waals surface area (Å²) in [5.74, 6) is 1.01. The molecule has 0 amide bonds. The average molecular weight is 261 g/mol. The summed E-state index contributed by atoms with van der Waals surface area (Å²) >= 11 is 0. The zero-order chi connectivity index (χ0) is 13.5. The monoisotopic (exact) mass is 261 g/mol. The Morgan fingerprint density at radius 1 is 1.21 bits per heavy atom. The van der Waals surface area contributed by atoms with Gasteiger partial charge in [-0.2, -0.15) is 0 Å². The number of hydrogen-bond donors (Lipinski definition) is 1. The lowest BCUT2D eigenvalue weighted by Crippen LogP contribution is -2.12. The van der Waals surface area contributed by atoms with E-state index in [0.29, 0.717) is 24.8 Å². The van der Waals surface area contributed by atoms with Gasteiger partial charge in [-0.25, -0.2) is 0 Å². The molecule has 1 aromatic heterocycles. The molecule has 19 heavy (non-hydrogen) atoms. The van der Waals surface area contributed by atoms with Crippen molar-refractivity contribution < 1.29 is 9.15 Å². The number of benzene rings is 1. The molecule has 2 rings (SSSR count). The summed E-state index contributed by atoms with van der Waals surface area (Å²) in [5.41, 5.74) is 7.04. The van der Waals surface area contributed by atoms with E-state index in [0.717, 1.165) is 18.6 Å². The smallest absolute Gasteiger partial charge is 0.237 e. The van der Waals surface area contributed by atoms with Gasteiger partial charge in [-0.3, -0.25) is 0 Å². The molecular formula is C14H19N3O2. The Bertz CT molecular complexity index is 484. The van der Waals surface area contributed by atoms with Gasteiger partial charge < -0.3 is 14.9 Å². The van der Waals surface area contributed by atoms with Crippen molar-refractivity contribution >= 4 is 0 Å². The van der Waals surface area contributed by atoms with E-state index in [4.69, 9.17) is 14.9 Å². The lowest BCUT2D eigenvalue weighted by molar-refractivity contribution is 0.133. The van der Waals surface area contributed by atoms with Gasteiger partial charge in [0.2, 0.25) is 11.8 Å². The third-order valence-corrected chi connectivity index (χ3v) is 2.72. The largest absolute Gasteiger partial charge is 0.423 e. The van der Waals surface area contributed by atoms with Crippen LogP contribution in [0.1, 0.15) is 36.7 Å². The molecule has 0 saturated heterocycles. The highest BCUT2D eigenvalue weighted by Gasteiger charge is 2.15. The van der Waals surface area contributed by atoms with E-state index in [1.54, 1.807) is 0 Å². The minimum Gasteiger partial charge on any atom is -0.423 e. The first-order valence-corrected chi connectivity index (χ1v) is 6.51. The summed E-state index contributed by atoms with van der Waals surface area (Å²) in [6, 6.07) is 9.33. The van der Waals surface area contributed by atoms with Gasteiger partial charge >= 0.3 is 0 Å². The van der Waals surface area contributed by atoms with E-state index in [1.807, 2.05) is 30.3 Å². The molecule has 5 heteroatoms. The second-order valence-electron chi connectivity index (χ2n) is 4.28. The summed E-state index contributed by atoms with van der Waals surface area (Å²) < 4.78 is 10.9. The number of nitrogens with zero attached hydrogens (tertiary/aromatic N) is 2. The van der Waals surface area contributed by atoms with Crippen molar-refractivity contribution in [3.8, 4) is 0 Å². The van der Waals surface area contributed by atoms with Gasteiger partial charge in [0, 0.05) is 13.0 Å². The fourth-order valence-corrected chi connectivity index (χ4v) is 1.70. The Labute approximate surface area is 112 Å². The molecule has 1 heterocycles. The van der Waals surface area contributed by atoms with Crippen LogP contribution < -0.4 is 5.73 Å². The minimum atomic E-state index is -0.376. The first-order valence-electron chi connectivity index (χ1n) is 6.51. The van der Waals surface area contributed by atoms with E-state index in [9.17, 15) is 0 Å². The minimum absolute atomic E-state index is 0.376. The molecule has 0 bridgehead atoms. The van der Waals surface area contributed by atoms with E-state index in [1.165, 1.54) is 0 Å². The molecule has 0 aliphatic heterocycles. The molecule has 0 aliphatic carbocycles. The molecule has 2 aromatic rings. The summed E-state index contributed by atoms with van der Waals surface area (Å²) in [4.78, 5) is 0. The quantitative estimate of drug-likeness (QED) is 0.772. The highest BCUT2D eigenvalue weighted by molar-refractivity contribution is 5.22. The Morgan fingerprint density at radius 2 is 2.00 bits per heavy atom. The first kappa shape index (κ1) is 13.7. The topological polar surface area (TPSA) is 74.2 Å². The molecule has 1 atom stereocenters. The lowest BCUT2D eigenvalue weighted by Gasteiger charge is -2.06. The van der Waals surface area contributed by atoms with Crippen LogP contribution in [0.2, 0.25) is 0 Å². The van der Waals surface area contributed by atoms with Crippen LogP contribution in [-0.2, 0) is 11.2 Å². The number of aromatic nitrogens is 2. The van der Waals surface area contributed by atoms with Gasteiger partial charge in [0.15, 0.2) is 0 Å². The molecule has 1 aromatic carbocycles. The standard InChI is InChI=1S/C14H19N3O2/c1-2-9-18-10-8-12-16-17-14(19-12)13(15)11-6-4-3-5-7-11/h3-7,13H,2,8-10,15H2,1H3. The molecule has 5 nitrogen and oxygen atoms in total. The second kappa shape index (κ2) is 7.01. The maximum Gasteiger partial charge on any atom is 0.237 e. The zero-order valence-corrected chi connectivity index (χ0v) is 11.1. The van der Waals surface area contributed by atoms with Crippen LogP contribution in [0.25, 0.3) is 0 Å². The molecule has 0 aliphatic rings. The summed E-state index contributed by atoms with van der Waals surface area (Å²) in [6.07, 6.45) is 1.63. The van der Waals surface area contributed by atoms with E-state index >= 15 is 0 Å². The van der Waals surface area contributed by atoms with Crippen LogP contribution in [-0.4, -0.2) is 23.4 Å². The van der Waals surface area contributed by atoms with Crippen LogP contribution >= 0.6 is 0 Å². The maximum atomic E-state index is 6.08. The third-order valence-electron chi connectivity index (χ3n) is 2.72. The molecule has 0 fully saturated rings. The van der Waals surface area contributed by atoms with E-state index in [-0.39, 0.29) is 6.04 Å². The van der Waals surface area contributed by atoms with Gasteiger partial charge in [-0.15, -0.1) is 10.2 Å². The van der Waals surface area contributed by atoms with E-state index in [2.05, 4.69) is 17.1 Å². The van der Waals surface area contributed by atoms with Crippen LogP contribution in [0.15, 0.2) is 34.7 Å². The van der Waals surface area contributed by atoms with Gasteiger partial charge in [0.25, 0.3) is 0 Å². The molecule has 0 radical (unpaired) electrons. The third kappa shape index (κ3) is 3.87. The summed E-state index contributed by atoms with van der Waals surface area (Å²) in [5, 5.41) is 7.98. The molecule has 102 valence electrons. The van der Waals surface area contributed by atoms with Crippen LogP contribution in [0, 0.1) is 0 Å². The maximum absolute atomic E-state index is 6.08. The Balaban J connectivity index is 1.93. The second-order valence-corrected chi connectivity index (χ2v) is 4.28. The SMILES string of the molecule is CCCOCCc1nnc(C(N)c2ccccc2)o1. The predicted molar refractivity (Wildman–Crippen MR) is 71.6 cm³/mol. The Morgan fingerprint density at radius 3 is 2.74 bits per heavy atom. The van der Waals surface area contributed by atoms with Crippen molar-refractivity contribution in [2.24, 2.45) is 5.73 Å². The van der Waals surface area contributed by atoms with Gasteiger partial charge in [-0.1, -0.05) is 37.3 Å². The fourth-order valence-electron chi connectivity index (χ4n) is 1.70. The fraction of sp³-hybridized carbons (Fsp3) is 0.429. The highest BCUT2D eigenvalue weighted by Crippen LogP contribution is 2.17. The van der Waals surface area contributed by atoms with E-state index < -0.39 is 0 Å². The highest BCUT2D eigenvalue weighted by atomic mass is 16.5. The van der Waals surface area contributed by atoms with Gasteiger partial charge in [-0.05, 0) is 12.0 Å². The predicted octanol–water partition coefficient (Wildman–Crippen LogP) is 2.09.